The van der Waals surface area contributed by atoms with Gasteiger partial charge in [0.05, 0.1) is 6.10 Å². The van der Waals surface area contributed by atoms with Crippen LogP contribution in [0.5, 0.6) is 0 Å². The first kappa shape index (κ1) is 13.9. The average molecular weight is 202 g/mol. The van der Waals surface area contributed by atoms with Crippen molar-refractivity contribution in [3.63, 3.8) is 0 Å². The molecule has 0 aliphatic carbocycles. The van der Waals surface area contributed by atoms with Crippen LogP contribution in [0.1, 0.15) is 27.7 Å². The molecule has 1 aliphatic heterocycles. The van der Waals surface area contributed by atoms with Gasteiger partial charge in [0.25, 0.3) is 0 Å². The molecule has 0 saturated carbocycles. The predicted octanol–water partition coefficient (Wildman–Crippen LogP) is 1.34. The highest BCUT2D eigenvalue weighted by molar-refractivity contribution is 4.88. The Morgan fingerprint density at radius 2 is 1.93 bits per heavy atom. The van der Waals surface area contributed by atoms with Crippen LogP contribution >= 0.6 is 0 Å². The Morgan fingerprint density at radius 1 is 1.29 bits per heavy atom. The summed E-state index contributed by atoms with van der Waals surface area (Å²) in [7, 11) is 2.01. The molecule has 2 atom stereocenters. The van der Waals surface area contributed by atoms with E-state index in [0.29, 0.717) is 12.1 Å². The van der Waals surface area contributed by atoms with Crippen molar-refractivity contribution < 1.29 is 4.74 Å². The number of nitrogens with one attached hydrogen (secondary N) is 1. The van der Waals surface area contributed by atoms with E-state index in [2.05, 4.69) is 24.1 Å². The highest BCUT2D eigenvalue weighted by atomic mass is 16.5. The van der Waals surface area contributed by atoms with E-state index in [9.17, 15) is 0 Å². The molecule has 0 aromatic heterocycles. The third kappa shape index (κ3) is 3.95. The van der Waals surface area contributed by atoms with Crippen molar-refractivity contribution in [1.29, 1.82) is 0 Å². The van der Waals surface area contributed by atoms with Crippen LogP contribution in [0.25, 0.3) is 0 Å². The molecule has 3 nitrogen and oxygen atoms in total. The molecular weight excluding hydrogens is 176 g/mol. The molecule has 0 bridgehead atoms. The van der Waals surface area contributed by atoms with Gasteiger partial charge in [0.15, 0.2) is 0 Å². The summed E-state index contributed by atoms with van der Waals surface area (Å²) in [5, 5.41) is 3.30. The first-order chi connectivity index (χ1) is 6.81. The Kier molecular flexibility index (Phi) is 8.14. The zero-order valence-electron chi connectivity index (χ0n) is 10.3. The Bertz CT molecular complexity index is 130. The predicted molar refractivity (Wildman–Crippen MR) is 61.7 cm³/mol. The van der Waals surface area contributed by atoms with E-state index in [1.54, 1.807) is 0 Å². The third-order valence-corrected chi connectivity index (χ3v) is 2.54. The van der Waals surface area contributed by atoms with Gasteiger partial charge in [-0.3, -0.25) is 4.90 Å². The van der Waals surface area contributed by atoms with Gasteiger partial charge in [-0.2, -0.15) is 0 Å². The maximum atomic E-state index is 5.63. The second kappa shape index (κ2) is 8.21. The van der Waals surface area contributed by atoms with Gasteiger partial charge in [-0.05, 0) is 20.5 Å². The van der Waals surface area contributed by atoms with Gasteiger partial charge in [-0.25, -0.2) is 0 Å². The van der Waals surface area contributed by atoms with Crippen LogP contribution < -0.4 is 5.32 Å². The van der Waals surface area contributed by atoms with Gasteiger partial charge in [0, 0.05) is 25.7 Å². The summed E-state index contributed by atoms with van der Waals surface area (Å²) in [5.74, 6) is 0. The Labute approximate surface area is 88.8 Å². The fraction of sp³-hybridized carbons (Fsp3) is 1.00. The molecule has 86 valence electrons. The van der Waals surface area contributed by atoms with Crippen molar-refractivity contribution in [2.24, 2.45) is 0 Å². The SMILES string of the molecule is CC.CCOC1CN(CC)CC1NC. The maximum absolute atomic E-state index is 5.63. The van der Waals surface area contributed by atoms with Crippen LogP contribution in [0.2, 0.25) is 0 Å². The second-order valence-electron chi connectivity index (χ2n) is 3.24. The molecule has 1 fully saturated rings. The van der Waals surface area contributed by atoms with Crippen molar-refractivity contribution in [2.45, 2.75) is 39.8 Å². The van der Waals surface area contributed by atoms with Crippen molar-refractivity contribution in [3.05, 3.63) is 0 Å². The minimum absolute atomic E-state index is 0.389. The van der Waals surface area contributed by atoms with Gasteiger partial charge in [0.1, 0.15) is 0 Å². The maximum Gasteiger partial charge on any atom is 0.0866 e. The number of ether oxygens (including phenoxy) is 1. The van der Waals surface area contributed by atoms with E-state index in [1.807, 2.05) is 20.9 Å². The molecule has 0 aromatic rings. The van der Waals surface area contributed by atoms with E-state index in [4.69, 9.17) is 4.74 Å². The molecule has 0 spiro atoms. The van der Waals surface area contributed by atoms with Gasteiger partial charge >= 0.3 is 0 Å². The van der Waals surface area contributed by atoms with Crippen LogP contribution in [0.4, 0.5) is 0 Å². The normalized spacial score (nSPS) is 27.2. The number of nitrogens with zero attached hydrogens (tertiary/aromatic N) is 1. The highest BCUT2D eigenvalue weighted by Crippen LogP contribution is 2.12. The lowest BCUT2D eigenvalue weighted by molar-refractivity contribution is 0.0551. The number of likely N-dealkylation sites (N-methyl/N-ethyl adjacent to an activating group) is 2. The smallest absolute Gasteiger partial charge is 0.0866 e. The lowest BCUT2D eigenvalue weighted by Gasteiger charge is -2.16. The largest absolute Gasteiger partial charge is 0.375 e. The topological polar surface area (TPSA) is 24.5 Å². The Balaban J connectivity index is 0.000000791. The van der Waals surface area contributed by atoms with Gasteiger partial charge in [0.2, 0.25) is 0 Å². The Hall–Kier alpha value is -0.120. The minimum Gasteiger partial charge on any atom is -0.375 e. The minimum atomic E-state index is 0.389. The van der Waals surface area contributed by atoms with Crippen molar-refractivity contribution in [1.82, 2.24) is 10.2 Å². The van der Waals surface area contributed by atoms with Crippen LogP contribution in [-0.4, -0.2) is 50.3 Å². The summed E-state index contributed by atoms with van der Waals surface area (Å²) in [6.45, 7) is 12.4. The molecule has 14 heavy (non-hydrogen) atoms. The monoisotopic (exact) mass is 202 g/mol. The first-order valence-electron chi connectivity index (χ1n) is 5.83. The van der Waals surface area contributed by atoms with Crippen LogP contribution in [0.15, 0.2) is 0 Å². The Morgan fingerprint density at radius 3 is 2.36 bits per heavy atom. The molecule has 1 N–H and O–H groups in total. The lowest BCUT2D eigenvalue weighted by Crippen LogP contribution is -2.38. The quantitative estimate of drug-likeness (QED) is 0.744. The van der Waals surface area contributed by atoms with Crippen molar-refractivity contribution in [3.8, 4) is 0 Å². The van der Waals surface area contributed by atoms with Crippen molar-refractivity contribution in [2.75, 3.05) is 33.3 Å². The summed E-state index contributed by atoms with van der Waals surface area (Å²) in [6, 6.07) is 0.518. The van der Waals surface area contributed by atoms with E-state index < -0.39 is 0 Å². The van der Waals surface area contributed by atoms with Crippen LogP contribution in [0.3, 0.4) is 0 Å². The summed E-state index contributed by atoms with van der Waals surface area (Å²) in [5.41, 5.74) is 0. The molecule has 1 heterocycles. The number of likely N-dealkylation sites (tertiary alicyclic amines) is 1. The van der Waals surface area contributed by atoms with Gasteiger partial charge < -0.3 is 10.1 Å². The fourth-order valence-electron chi connectivity index (χ4n) is 1.77. The zero-order valence-corrected chi connectivity index (χ0v) is 10.3. The summed E-state index contributed by atoms with van der Waals surface area (Å²) in [6.07, 6.45) is 0.389. The standard InChI is InChI=1S/C9H20N2O.C2H6/c1-4-11-6-8(10-3)9(7-11)12-5-2;1-2/h8-10H,4-7H2,1-3H3;1-2H3. The molecule has 1 saturated heterocycles. The second-order valence-corrected chi connectivity index (χ2v) is 3.24. The lowest BCUT2D eigenvalue weighted by atomic mass is 10.2. The van der Waals surface area contributed by atoms with Gasteiger partial charge in [-0.1, -0.05) is 20.8 Å². The zero-order chi connectivity index (χ0) is 11.0. The summed E-state index contributed by atoms with van der Waals surface area (Å²) >= 11 is 0. The molecular formula is C11H26N2O. The number of hydrogen-bond donors (Lipinski definition) is 1. The van der Waals surface area contributed by atoms with Crippen LogP contribution in [-0.2, 0) is 4.74 Å². The molecule has 0 aromatic carbocycles. The summed E-state index contributed by atoms with van der Waals surface area (Å²) in [4.78, 5) is 2.42. The van der Waals surface area contributed by atoms with E-state index in [-0.39, 0.29) is 0 Å². The number of hydrogen-bond acceptors (Lipinski definition) is 3. The average Bonchev–Trinajstić information content (AvgIpc) is 2.64. The van der Waals surface area contributed by atoms with Crippen LogP contribution in [0, 0.1) is 0 Å². The van der Waals surface area contributed by atoms with Gasteiger partial charge in [-0.15, -0.1) is 0 Å². The van der Waals surface area contributed by atoms with Crippen molar-refractivity contribution >= 4 is 0 Å². The first-order valence-corrected chi connectivity index (χ1v) is 5.83. The molecule has 0 radical (unpaired) electrons. The molecule has 1 rings (SSSR count). The molecule has 2 unspecified atom stereocenters. The summed E-state index contributed by atoms with van der Waals surface area (Å²) < 4.78 is 5.63. The molecule has 0 amide bonds. The molecule has 1 aliphatic rings. The van der Waals surface area contributed by atoms with E-state index in [1.165, 1.54) is 0 Å². The van der Waals surface area contributed by atoms with E-state index >= 15 is 0 Å². The molecule has 3 heteroatoms. The fourth-order valence-corrected chi connectivity index (χ4v) is 1.77. The van der Waals surface area contributed by atoms with E-state index in [0.717, 1.165) is 26.2 Å². The highest BCUT2D eigenvalue weighted by Gasteiger charge is 2.30. The third-order valence-electron chi connectivity index (χ3n) is 2.54. The number of rotatable bonds is 4.